The third-order valence-corrected chi connectivity index (χ3v) is 4.16. The minimum atomic E-state index is -0.640. The molecule has 0 aliphatic heterocycles. The number of hydrogen-bond acceptors (Lipinski definition) is 2. The maximum absolute atomic E-state index is 13.9. The van der Waals surface area contributed by atoms with E-state index in [9.17, 15) is 9.18 Å². The van der Waals surface area contributed by atoms with Gasteiger partial charge in [0.2, 0.25) is 0 Å². The van der Waals surface area contributed by atoms with E-state index in [0.29, 0.717) is 5.69 Å². The fraction of sp³-hybridized carbons (Fsp3) is 0.300. The van der Waals surface area contributed by atoms with Gasteiger partial charge >= 0.3 is 0 Å². The lowest BCUT2D eigenvalue weighted by atomic mass is 10.0. The van der Waals surface area contributed by atoms with Crippen molar-refractivity contribution in [1.29, 1.82) is 0 Å². The Balaban J connectivity index is 2.25. The molecule has 0 aromatic heterocycles. The maximum Gasteiger partial charge on any atom is 0.260 e. The van der Waals surface area contributed by atoms with Crippen molar-refractivity contribution in [1.82, 2.24) is 0 Å². The van der Waals surface area contributed by atoms with Crippen LogP contribution < -0.4 is 5.32 Å². The number of aryl methyl sites for hydroxylation is 1. The van der Waals surface area contributed by atoms with Crippen molar-refractivity contribution in [3.05, 3.63) is 63.9 Å². The number of rotatable bonds is 6. The second-order valence-electron chi connectivity index (χ2n) is 5.76. The van der Waals surface area contributed by atoms with E-state index in [-0.39, 0.29) is 10.6 Å². The van der Waals surface area contributed by atoms with Crippen LogP contribution >= 0.6 is 11.6 Å². The molecule has 25 heavy (non-hydrogen) atoms. The SMILES string of the molecule is CCCN=C(CC)c1ccc(NC(=O)c2c(F)cccc2Cl)cc1C. The first-order chi connectivity index (χ1) is 12.0. The number of nitrogens with one attached hydrogen (secondary N) is 1. The molecule has 0 aliphatic carbocycles. The Morgan fingerprint density at radius 2 is 2.00 bits per heavy atom. The second-order valence-corrected chi connectivity index (χ2v) is 6.17. The molecule has 0 saturated heterocycles. The van der Waals surface area contributed by atoms with Gasteiger partial charge in [0.25, 0.3) is 5.91 Å². The van der Waals surface area contributed by atoms with Crippen molar-refractivity contribution in [2.45, 2.75) is 33.6 Å². The molecule has 0 aliphatic rings. The molecule has 0 atom stereocenters. The molecule has 1 amide bonds. The summed E-state index contributed by atoms with van der Waals surface area (Å²) >= 11 is 5.94. The van der Waals surface area contributed by atoms with Crippen molar-refractivity contribution in [2.75, 3.05) is 11.9 Å². The molecule has 2 aromatic rings. The molecule has 0 bridgehead atoms. The van der Waals surface area contributed by atoms with Crippen LogP contribution in [0.25, 0.3) is 0 Å². The summed E-state index contributed by atoms with van der Waals surface area (Å²) in [4.78, 5) is 16.9. The predicted molar refractivity (Wildman–Crippen MR) is 103 cm³/mol. The Hall–Kier alpha value is -2.20. The first-order valence-corrected chi connectivity index (χ1v) is 8.75. The lowest BCUT2D eigenvalue weighted by Gasteiger charge is -2.12. The largest absolute Gasteiger partial charge is 0.322 e. The minimum absolute atomic E-state index is 0.0887. The van der Waals surface area contributed by atoms with Crippen LogP contribution in [0.1, 0.15) is 48.2 Å². The summed E-state index contributed by atoms with van der Waals surface area (Å²) in [5.74, 6) is -1.20. The summed E-state index contributed by atoms with van der Waals surface area (Å²) < 4.78 is 13.9. The fourth-order valence-corrected chi connectivity index (χ4v) is 2.86. The molecule has 0 saturated carbocycles. The second kappa shape index (κ2) is 8.77. The number of aliphatic imine (C=N–C) groups is 1. The molecule has 1 N–H and O–H groups in total. The van der Waals surface area contributed by atoms with Crippen LogP contribution in [0.5, 0.6) is 0 Å². The Morgan fingerprint density at radius 3 is 2.60 bits per heavy atom. The first-order valence-electron chi connectivity index (χ1n) is 8.37. The number of amides is 1. The summed E-state index contributed by atoms with van der Waals surface area (Å²) in [5.41, 5.74) is 3.57. The highest BCUT2D eigenvalue weighted by Gasteiger charge is 2.16. The van der Waals surface area contributed by atoms with E-state index >= 15 is 0 Å². The van der Waals surface area contributed by atoms with Crippen LogP contribution in [0, 0.1) is 12.7 Å². The number of benzene rings is 2. The molecule has 2 rings (SSSR count). The third-order valence-electron chi connectivity index (χ3n) is 3.85. The van der Waals surface area contributed by atoms with E-state index in [2.05, 4.69) is 24.2 Å². The Kier molecular flexibility index (Phi) is 6.71. The first kappa shape index (κ1) is 19.1. The smallest absolute Gasteiger partial charge is 0.260 e. The number of carbonyl (C=O) groups is 1. The van der Waals surface area contributed by atoms with E-state index in [0.717, 1.165) is 36.2 Å². The van der Waals surface area contributed by atoms with Crippen molar-refractivity contribution in [2.24, 2.45) is 4.99 Å². The van der Waals surface area contributed by atoms with Gasteiger partial charge in [-0.1, -0.05) is 37.6 Å². The number of nitrogens with zero attached hydrogens (tertiary/aromatic N) is 1. The molecule has 132 valence electrons. The molecular weight excluding hydrogens is 339 g/mol. The van der Waals surface area contributed by atoms with Gasteiger partial charge in [-0.05, 0) is 55.2 Å². The zero-order valence-corrected chi connectivity index (χ0v) is 15.5. The topological polar surface area (TPSA) is 41.5 Å². The van der Waals surface area contributed by atoms with Gasteiger partial charge < -0.3 is 5.32 Å². The zero-order chi connectivity index (χ0) is 18.4. The van der Waals surface area contributed by atoms with Crippen LogP contribution in [-0.2, 0) is 0 Å². The van der Waals surface area contributed by atoms with Gasteiger partial charge in [-0.15, -0.1) is 0 Å². The normalized spacial score (nSPS) is 11.5. The fourth-order valence-electron chi connectivity index (χ4n) is 2.61. The molecule has 0 radical (unpaired) electrons. The average molecular weight is 361 g/mol. The van der Waals surface area contributed by atoms with Gasteiger partial charge in [0.15, 0.2) is 0 Å². The minimum Gasteiger partial charge on any atom is -0.322 e. The van der Waals surface area contributed by atoms with Gasteiger partial charge in [-0.2, -0.15) is 0 Å². The Bertz CT molecular complexity index is 782. The maximum atomic E-state index is 13.9. The van der Waals surface area contributed by atoms with Crippen molar-refractivity contribution < 1.29 is 9.18 Å². The van der Waals surface area contributed by atoms with Gasteiger partial charge in [0.1, 0.15) is 5.82 Å². The number of anilines is 1. The number of hydrogen-bond donors (Lipinski definition) is 1. The summed E-state index contributed by atoms with van der Waals surface area (Å²) in [7, 11) is 0. The molecule has 5 heteroatoms. The van der Waals surface area contributed by atoms with Crippen molar-refractivity contribution in [3.8, 4) is 0 Å². The van der Waals surface area contributed by atoms with Gasteiger partial charge in [-0.25, -0.2) is 4.39 Å². The molecule has 2 aromatic carbocycles. The molecule has 0 spiro atoms. The molecule has 0 unspecified atom stereocenters. The monoisotopic (exact) mass is 360 g/mol. The molecular formula is C20H22ClFN2O. The standard InChI is InChI=1S/C20H22ClFN2O/c1-4-11-23-18(5-2)15-10-9-14(12-13(15)3)24-20(25)19-16(21)7-6-8-17(19)22/h6-10,12H,4-5,11H2,1-3H3,(H,24,25). The molecule has 3 nitrogen and oxygen atoms in total. The third kappa shape index (κ3) is 4.67. The van der Waals surface area contributed by atoms with Gasteiger partial charge in [-0.3, -0.25) is 9.79 Å². The summed E-state index contributed by atoms with van der Waals surface area (Å²) in [5, 5.41) is 2.79. The van der Waals surface area contributed by atoms with Crippen LogP contribution in [0.3, 0.4) is 0 Å². The van der Waals surface area contributed by atoms with Crippen LogP contribution in [-0.4, -0.2) is 18.2 Å². The lowest BCUT2D eigenvalue weighted by Crippen LogP contribution is -2.15. The zero-order valence-electron chi connectivity index (χ0n) is 14.7. The summed E-state index contributed by atoms with van der Waals surface area (Å²) in [6.07, 6.45) is 1.84. The quantitative estimate of drug-likeness (QED) is 0.664. The van der Waals surface area contributed by atoms with Crippen LogP contribution in [0.4, 0.5) is 10.1 Å². The van der Waals surface area contributed by atoms with E-state index < -0.39 is 11.7 Å². The average Bonchev–Trinajstić information content (AvgIpc) is 2.56. The highest BCUT2D eigenvalue weighted by molar-refractivity contribution is 6.34. The van der Waals surface area contributed by atoms with E-state index in [1.54, 1.807) is 6.07 Å². The predicted octanol–water partition coefficient (Wildman–Crippen LogP) is 5.65. The van der Waals surface area contributed by atoms with E-state index in [1.807, 2.05) is 19.1 Å². The van der Waals surface area contributed by atoms with Crippen LogP contribution in [0.2, 0.25) is 5.02 Å². The highest BCUT2D eigenvalue weighted by Crippen LogP contribution is 2.22. The van der Waals surface area contributed by atoms with E-state index in [4.69, 9.17) is 11.6 Å². The van der Waals surface area contributed by atoms with Gasteiger partial charge in [0, 0.05) is 17.9 Å². The number of carbonyl (C=O) groups excluding carboxylic acids is 1. The van der Waals surface area contributed by atoms with E-state index in [1.165, 1.54) is 18.2 Å². The highest BCUT2D eigenvalue weighted by atomic mass is 35.5. The van der Waals surface area contributed by atoms with Crippen molar-refractivity contribution >= 4 is 28.9 Å². The lowest BCUT2D eigenvalue weighted by molar-refractivity contribution is 0.102. The molecule has 0 fully saturated rings. The summed E-state index contributed by atoms with van der Waals surface area (Å²) in [6.45, 7) is 6.94. The number of halogens is 2. The Morgan fingerprint density at radius 1 is 1.24 bits per heavy atom. The van der Waals surface area contributed by atoms with Crippen LogP contribution in [0.15, 0.2) is 41.4 Å². The van der Waals surface area contributed by atoms with Crippen molar-refractivity contribution in [3.63, 3.8) is 0 Å². The Labute approximate surface area is 152 Å². The summed E-state index contributed by atoms with van der Waals surface area (Å²) in [6, 6.07) is 9.77. The molecule has 0 heterocycles. The van der Waals surface area contributed by atoms with Gasteiger partial charge in [0.05, 0.1) is 10.6 Å².